The van der Waals surface area contributed by atoms with Gasteiger partial charge in [0.05, 0.1) is 13.8 Å². The van der Waals surface area contributed by atoms with Crippen LogP contribution in [0.4, 0.5) is 0 Å². The Balaban J connectivity index is 2.55. The molecule has 0 aliphatic heterocycles. The zero-order valence-electron chi connectivity index (χ0n) is 6.77. The maximum absolute atomic E-state index is 10.5. The first-order valence-corrected chi connectivity index (χ1v) is 4.55. The minimum atomic E-state index is -3.46. The summed E-state index contributed by atoms with van der Waals surface area (Å²) in [5.41, 5.74) is 0. The molecule has 5 nitrogen and oxygen atoms in total. The van der Waals surface area contributed by atoms with Crippen LogP contribution in [0.15, 0.2) is 16.8 Å². The predicted octanol–water partition coefficient (Wildman–Crippen LogP) is 0.151. The second kappa shape index (κ2) is 3.02. The molecule has 62 valence electrons. The fourth-order valence-electron chi connectivity index (χ4n) is 0.443. The van der Waals surface area contributed by atoms with Gasteiger partial charge in [-0.1, -0.05) is 5.16 Å². The fraction of sp³-hybridized carbons (Fsp3) is 0.400. The molecule has 0 aliphatic carbocycles. The monoisotopic (exact) mass is 178 g/mol. The van der Waals surface area contributed by atoms with E-state index in [4.69, 9.17) is 1.37 Å². The van der Waals surface area contributed by atoms with E-state index >= 15 is 0 Å². The van der Waals surface area contributed by atoms with E-state index in [2.05, 4.69) is 13.9 Å². The highest BCUT2D eigenvalue weighted by atomic mass is 32.2. The van der Waals surface area contributed by atoms with E-state index in [-0.39, 0.29) is 18.5 Å². The topological polar surface area (TPSA) is 69.4 Å². The van der Waals surface area contributed by atoms with Gasteiger partial charge in [0.25, 0.3) is 10.1 Å². The molecule has 1 rings (SSSR count). The SMILES string of the molecule is [2H]c1cc(COS(C)(=O)=O)on1. The minimum Gasteiger partial charge on any atom is -0.359 e. The second-order valence-corrected chi connectivity index (χ2v) is 3.53. The van der Waals surface area contributed by atoms with Gasteiger partial charge in [0.2, 0.25) is 0 Å². The molecule has 0 saturated heterocycles. The van der Waals surface area contributed by atoms with Gasteiger partial charge in [-0.2, -0.15) is 8.42 Å². The Morgan fingerprint density at radius 2 is 2.64 bits per heavy atom. The Morgan fingerprint density at radius 3 is 3.09 bits per heavy atom. The molecule has 0 atom stereocenters. The van der Waals surface area contributed by atoms with E-state index in [1.807, 2.05) is 0 Å². The molecule has 6 heteroatoms. The van der Waals surface area contributed by atoms with Crippen molar-refractivity contribution in [2.45, 2.75) is 6.61 Å². The molecule has 1 aromatic rings. The van der Waals surface area contributed by atoms with Gasteiger partial charge in [0, 0.05) is 6.07 Å². The standard InChI is InChI=1S/C5H7NO4S/c1-11(7,8)9-4-5-2-3-6-10-5/h2-3H,4H2,1H3/i3D. The van der Waals surface area contributed by atoms with Crippen molar-refractivity contribution >= 4 is 10.1 Å². The van der Waals surface area contributed by atoms with Crippen LogP contribution in [0, 0.1) is 0 Å². The van der Waals surface area contributed by atoms with Gasteiger partial charge in [-0.3, -0.25) is 4.18 Å². The zero-order valence-corrected chi connectivity index (χ0v) is 6.59. The maximum Gasteiger partial charge on any atom is 0.264 e. The third kappa shape index (κ3) is 3.15. The summed E-state index contributed by atoms with van der Waals surface area (Å²) in [6, 6.07) is 1.28. The van der Waals surface area contributed by atoms with Gasteiger partial charge in [-0.05, 0) is 0 Å². The molecule has 1 heterocycles. The van der Waals surface area contributed by atoms with Crippen LogP contribution in [0.1, 0.15) is 7.13 Å². The van der Waals surface area contributed by atoms with Crippen LogP contribution in [0.5, 0.6) is 0 Å². The van der Waals surface area contributed by atoms with E-state index in [0.29, 0.717) is 0 Å². The number of hydrogen-bond donors (Lipinski definition) is 0. The van der Waals surface area contributed by atoms with Gasteiger partial charge in [0.15, 0.2) is 5.76 Å². The van der Waals surface area contributed by atoms with Crippen molar-refractivity contribution in [1.29, 1.82) is 0 Å². The summed E-state index contributed by atoms with van der Waals surface area (Å²) in [4.78, 5) is 0. The average molecular weight is 178 g/mol. The van der Waals surface area contributed by atoms with Crippen molar-refractivity contribution in [3.05, 3.63) is 18.0 Å². The first-order valence-electron chi connectivity index (χ1n) is 3.24. The second-order valence-electron chi connectivity index (χ2n) is 1.89. The quantitative estimate of drug-likeness (QED) is 0.616. The van der Waals surface area contributed by atoms with E-state index < -0.39 is 10.1 Å². The summed E-state index contributed by atoms with van der Waals surface area (Å²) in [5, 5.41) is 3.23. The molecule has 0 fully saturated rings. The van der Waals surface area contributed by atoms with E-state index in [9.17, 15) is 8.42 Å². The molecule has 0 N–H and O–H groups in total. The fourth-order valence-corrected chi connectivity index (χ4v) is 0.773. The highest BCUT2D eigenvalue weighted by molar-refractivity contribution is 7.85. The Bertz CT molecular complexity index is 357. The molecule has 0 aliphatic rings. The van der Waals surface area contributed by atoms with Crippen LogP contribution in [0.2, 0.25) is 0 Å². The first kappa shape index (κ1) is 6.81. The summed E-state index contributed by atoms with van der Waals surface area (Å²) in [6.45, 7) is -0.218. The molecule has 0 spiro atoms. The van der Waals surface area contributed by atoms with E-state index in [0.717, 1.165) is 6.26 Å². The van der Waals surface area contributed by atoms with E-state index in [1.54, 1.807) is 0 Å². The highest BCUT2D eigenvalue weighted by Gasteiger charge is 2.03. The molecule has 0 bridgehead atoms. The lowest BCUT2D eigenvalue weighted by Crippen LogP contribution is -2.01. The van der Waals surface area contributed by atoms with Crippen LogP contribution in [-0.4, -0.2) is 19.8 Å². The normalized spacial score (nSPS) is 13.0. The summed E-state index contributed by atoms with van der Waals surface area (Å²) in [7, 11) is -3.46. The molecule has 1 aromatic heterocycles. The molecule has 0 aromatic carbocycles. The molecular formula is C5H7NO4S. The van der Waals surface area contributed by atoms with Crippen molar-refractivity contribution in [2.75, 3.05) is 6.26 Å². The zero-order chi connectivity index (χ0) is 9.19. The molecule has 0 saturated carbocycles. The first-order chi connectivity index (χ1) is 5.47. The van der Waals surface area contributed by atoms with Crippen LogP contribution in [0.3, 0.4) is 0 Å². The smallest absolute Gasteiger partial charge is 0.264 e. The maximum atomic E-state index is 10.5. The minimum absolute atomic E-state index is 0.0536. The Morgan fingerprint density at radius 1 is 1.91 bits per heavy atom. The third-order valence-corrected chi connectivity index (χ3v) is 1.40. The molecule has 0 unspecified atom stereocenters. The average Bonchev–Trinajstić information content (AvgIpc) is 2.30. The third-order valence-electron chi connectivity index (χ3n) is 0.856. The van der Waals surface area contributed by atoms with Crippen molar-refractivity contribution in [3.8, 4) is 0 Å². The van der Waals surface area contributed by atoms with Gasteiger partial charge in [-0.15, -0.1) is 0 Å². The summed E-state index contributed by atoms with van der Waals surface area (Å²) >= 11 is 0. The Kier molecular flexibility index (Phi) is 1.87. The largest absolute Gasteiger partial charge is 0.359 e. The summed E-state index contributed by atoms with van der Waals surface area (Å²) in [6.07, 6.45) is 0.882. The van der Waals surface area contributed by atoms with Crippen LogP contribution < -0.4 is 0 Å². The van der Waals surface area contributed by atoms with Crippen LogP contribution in [-0.2, 0) is 20.9 Å². The van der Waals surface area contributed by atoms with Crippen molar-refractivity contribution in [1.82, 2.24) is 5.16 Å². The Labute approximate surface area is 65.5 Å². The van der Waals surface area contributed by atoms with Crippen LogP contribution in [0.25, 0.3) is 0 Å². The highest BCUT2D eigenvalue weighted by Crippen LogP contribution is 2.00. The number of rotatable bonds is 3. The lowest BCUT2D eigenvalue weighted by molar-refractivity contribution is 0.255. The van der Waals surface area contributed by atoms with Crippen molar-refractivity contribution < 1.29 is 18.5 Å². The Hall–Kier alpha value is -0.880. The van der Waals surface area contributed by atoms with Gasteiger partial charge in [0.1, 0.15) is 6.61 Å². The van der Waals surface area contributed by atoms with Crippen molar-refractivity contribution in [3.63, 3.8) is 0 Å². The number of hydrogen-bond acceptors (Lipinski definition) is 5. The lowest BCUT2D eigenvalue weighted by Gasteiger charge is -1.94. The lowest BCUT2D eigenvalue weighted by atomic mass is 10.5. The van der Waals surface area contributed by atoms with Gasteiger partial charge < -0.3 is 4.52 Å². The van der Waals surface area contributed by atoms with Gasteiger partial charge in [-0.25, -0.2) is 0 Å². The summed E-state index contributed by atoms with van der Waals surface area (Å²) < 4.78 is 36.8. The molecular weight excluding hydrogens is 170 g/mol. The van der Waals surface area contributed by atoms with E-state index in [1.165, 1.54) is 6.07 Å². The number of aromatic nitrogens is 1. The molecule has 11 heavy (non-hydrogen) atoms. The summed E-state index contributed by atoms with van der Waals surface area (Å²) in [5.74, 6) is 0.213. The van der Waals surface area contributed by atoms with Crippen LogP contribution >= 0.6 is 0 Å². The van der Waals surface area contributed by atoms with Crippen molar-refractivity contribution in [2.24, 2.45) is 0 Å². The molecule has 0 amide bonds. The predicted molar refractivity (Wildman–Crippen MR) is 36.1 cm³/mol. The number of nitrogens with zero attached hydrogens (tertiary/aromatic N) is 1. The van der Waals surface area contributed by atoms with Gasteiger partial charge >= 0.3 is 0 Å². The molecule has 0 radical (unpaired) electrons.